The second-order valence-corrected chi connectivity index (χ2v) is 6.08. The Bertz CT molecular complexity index is 550. The standard InChI is InChI=1S/C17H22N2/c1-12-11-19-10-9-15(12)16(18)13-5-7-14(8-6-13)17(2,3)4/h5-11,16H,18H2,1-4H3. The van der Waals surface area contributed by atoms with Crippen LogP contribution in [0.1, 0.15) is 49.1 Å². The van der Waals surface area contributed by atoms with Crippen LogP contribution in [0.3, 0.4) is 0 Å². The summed E-state index contributed by atoms with van der Waals surface area (Å²) in [6, 6.07) is 10.5. The Kier molecular flexibility index (Phi) is 3.72. The normalized spacial score (nSPS) is 13.3. The van der Waals surface area contributed by atoms with Crippen LogP contribution in [0.2, 0.25) is 0 Å². The Morgan fingerprint density at radius 1 is 1.05 bits per heavy atom. The maximum atomic E-state index is 6.35. The highest BCUT2D eigenvalue weighted by Crippen LogP contribution is 2.26. The zero-order valence-electron chi connectivity index (χ0n) is 12.1. The number of pyridine rings is 1. The second kappa shape index (κ2) is 5.14. The first-order valence-corrected chi connectivity index (χ1v) is 6.66. The average molecular weight is 254 g/mol. The van der Waals surface area contributed by atoms with Crippen molar-refractivity contribution >= 4 is 0 Å². The molecule has 0 aliphatic rings. The summed E-state index contributed by atoms with van der Waals surface area (Å²) in [7, 11) is 0. The molecule has 0 radical (unpaired) electrons. The van der Waals surface area contributed by atoms with Gasteiger partial charge in [0.15, 0.2) is 0 Å². The van der Waals surface area contributed by atoms with E-state index >= 15 is 0 Å². The molecule has 0 aliphatic carbocycles. The molecular formula is C17H22N2. The Balaban J connectivity index is 2.31. The van der Waals surface area contributed by atoms with E-state index in [2.05, 4.69) is 50.0 Å². The Morgan fingerprint density at radius 3 is 2.21 bits per heavy atom. The molecule has 1 aromatic heterocycles. The minimum Gasteiger partial charge on any atom is -0.320 e. The van der Waals surface area contributed by atoms with Gasteiger partial charge in [-0.2, -0.15) is 0 Å². The lowest BCUT2D eigenvalue weighted by molar-refractivity contribution is 0.589. The molecule has 0 fully saturated rings. The van der Waals surface area contributed by atoms with E-state index < -0.39 is 0 Å². The van der Waals surface area contributed by atoms with Crippen molar-refractivity contribution in [3.63, 3.8) is 0 Å². The van der Waals surface area contributed by atoms with E-state index in [0.717, 1.165) is 16.7 Å². The second-order valence-electron chi connectivity index (χ2n) is 6.08. The molecule has 0 saturated heterocycles. The topological polar surface area (TPSA) is 38.9 Å². The maximum Gasteiger partial charge on any atom is 0.0555 e. The van der Waals surface area contributed by atoms with Gasteiger partial charge in [0.1, 0.15) is 0 Å². The van der Waals surface area contributed by atoms with Gasteiger partial charge in [-0.1, -0.05) is 45.0 Å². The first kappa shape index (κ1) is 13.8. The molecule has 1 atom stereocenters. The zero-order chi connectivity index (χ0) is 14.0. The largest absolute Gasteiger partial charge is 0.320 e. The number of aryl methyl sites for hydroxylation is 1. The number of hydrogen-bond acceptors (Lipinski definition) is 2. The first-order valence-electron chi connectivity index (χ1n) is 6.66. The lowest BCUT2D eigenvalue weighted by Crippen LogP contribution is -2.15. The van der Waals surface area contributed by atoms with Crippen LogP contribution in [-0.4, -0.2) is 4.98 Å². The molecular weight excluding hydrogens is 232 g/mol. The Hall–Kier alpha value is -1.67. The number of nitrogens with zero attached hydrogens (tertiary/aromatic N) is 1. The quantitative estimate of drug-likeness (QED) is 0.886. The van der Waals surface area contributed by atoms with Gasteiger partial charge in [-0.3, -0.25) is 4.98 Å². The van der Waals surface area contributed by atoms with Crippen LogP contribution in [0.25, 0.3) is 0 Å². The summed E-state index contributed by atoms with van der Waals surface area (Å²) in [5.41, 5.74) is 11.3. The molecule has 2 rings (SSSR count). The van der Waals surface area contributed by atoms with Gasteiger partial charge >= 0.3 is 0 Å². The van der Waals surface area contributed by atoms with E-state index in [1.165, 1.54) is 5.56 Å². The van der Waals surface area contributed by atoms with Gasteiger partial charge in [0.05, 0.1) is 6.04 Å². The summed E-state index contributed by atoms with van der Waals surface area (Å²) in [6.07, 6.45) is 3.66. The van der Waals surface area contributed by atoms with Crippen molar-refractivity contribution in [3.8, 4) is 0 Å². The van der Waals surface area contributed by atoms with Crippen LogP contribution in [-0.2, 0) is 5.41 Å². The smallest absolute Gasteiger partial charge is 0.0555 e. The van der Waals surface area contributed by atoms with E-state index in [-0.39, 0.29) is 11.5 Å². The van der Waals surface area contributed by atoms with Gasteiger partial charge in [0.2, 0.25) is 0 Å². The van der Waals surface area contributed by atoms with E-state index in [4.69, 9.17) is 5.73 Å². The number of nitrogens with two attached hydrogens (primary N) is 1. The van der Waals surface area contributed by atoms with Gasteiger partial charge in [0, 0.05) is 12.4 Å². The third-order valence-electron chi connectivity index (χ3n) is 3.53. The van der Waals surface area contributed by atoms with Crippen LogP contribution >= 0.6 is 0 Å². The molecule has 100 valence electrons. The molecule has 2 aromatic rings. The van der Waals surface area contributed by atoms with E-state index in [1.807, 2.05) is 19.2 Å². The number of aromatic nitrogens is 1. The molecule has 1 unspecified atom stereocenters. The summed E-state index contributed by atoms with van der Waals surface area (Å²) in [6.45, 7) is 8.70. The van der Waals surface area contributed by atoms with Crippen molar-refractivity contribution in [1.29, 1.82) is 0 Å². The molecule has 0 saturated carbocycles. The van der Waals surface area contributed by atoms with Gasteiger partial charge in [-0.15, -0.1) is 0 Å². The average Bonchev–Trinajstić information content (AvgIpc) is 2.38. The minimum absolute atomic E-state index is 0.0861. The Morgan fingerprint density at radius 2 is 1.68 bits per heavy atom. The minimum atomic E-state index is -0.0861. The molecule has 1 aromatic carbocycles. The summed E-state index contributed by atoms with van der Waals surface area (Å²) in [5, 5.41) is 0. The highest BCUT2D eigenvalue weighted by atomic mass is 14.7. The zero-order valence-corrected chi connectivity index (χ0v) is 12.1. The fourth-order valence-corrected chi connectivity index (χ4v) is 2.20. The fourth-order valence-electron chi connectivity index (χ4n) is 2.20. The van der Waals surface area contributed by atoms with Crippen molar-refractivity contribution in [1.82, 2.24) is 4.98 Å². The number of rotatable bonds is 2. The van der Waals surface area contributed by atoms with E-state index in [0.29, 0.717) is 0 Å². The van der Waals surface area contributed by atoms with Crippen LogP contribution in [0.5, 0.6) is 0 Å². The van der Waals surface area contributed by atoms with Crippen LogP contribution in [0.15, 0.2) is 42.7 Å². The third-order valence-corrected chi connectivity index (χ3v) is 3.53. The van der Waals surface area contributed by atoms with Crippen molar-refractivity contribution in [3.05, 3.63) is 65.0 Å². The molecule has 2 heteroatoms. The molecule has 0 amide bonds. The maximum absolute atomic E-state index is 6.35. The molecule has 19 heavy (non-hydrogen) atoms. The van der Waals surface area contributed by atoms with Crippen molar-refractivity contribution in [2.75, 3.05) is 0 Å². The van der Waals surface area contributed by atoms with Crippen LogP contribution < -0.4 is 5.73 Å². The summed E-state index contributed by atoms with van der Waals surface area (Å²) in [4.78, 5) is 4.11. The van der Waals surface area contributed by atoms with Crippen molar-refractivity contribution in [2.24, 2.45) is 5.73 Å². The molecule has 2 nitrogen and oxygen atoms in total. The van der Waals surface area contributed by atoms with Gasteiger partial charge in [-0.25, -0.2) is 0 Å². The lowest BCUT2D eigenvalue weighted by Gasteiger charge is -2.21. The van der Waals surface area contributed by atoms with E-state index in [9.17, 15) is 0 Å². The molecule has 0 aliphatic heterocycles. The third kappa shape index (κ3) is 3.02. The van der Waals surface area contributed by atoms with Crippen LogP contribution in [0.4, 0.5) is 0 Å². The lowest BCUT2D eigenvalue weighted by atomic mass is 9.85. The van der Waals surface area contributed by atoms with Crippen molar-refractivity contribution < 1.29 is 0 Å². The highest BCUT2D eigenvalue weighted by Gasteiger charge is 2.15. The number of hydrogen-bond donors (Lipinski definition) is 1. The predicted octanol–water partition coefficient (Wildman–Crippen LogP) is 3.74. The first-order chi connectivity index (χ1) is 8.89. The van der Waals surface area contributed by atoms with Crippen molar-refractivity contribution in [2.45, 2.75) is 39.2 Å². The highest BCUT2D eigenvalue weighted by molar-refractivity contribution is 5.37. The monoisotopic (exact) mass is 254 g/mol. The van der Waals surface area contributed by atoms with Gasteiger partial charge in [0.25, 0.3) is 0 Å². The summed E-state index contributed by atoms with van der Waals surface area (Å²) >= 11 is 0. The summed E-state index contributed by atoms with van der Waals surface area (Å²) in [5.74, 6) is 0. The SMILES string of the molecule is Cc1cnccc1C(N)c1ccc(C(C)(C)C)cc1. The van der Waals surface area contributed by atoms with Gasteiger partial charge in [-0.05, 0) is 40.7 Å². The van der Waals surface area contributed by atoms with Gasteiger partial charge < -0.3 is 5.73 Å². The fraction of sp³-hybridized carbons (Fsp3) is 0.353. The molecule has 0 bridgehead atoms. The number of benzene rings is 1. The van der Waals surface area contributed by atoms with E-state index in [1.54, 1.807) is 6.20 Å². The predicted molar refractivity (Wildman–Crippen MR) is 80.1 cm³/mol. The Labute approximate surface area is 115 Å². The van der Waals surface area contributed by atoms with Crippen LogP contribution in [0, 0.1) is 6.92 Å². The summed E-state index contributed by atoms with van der Waals surface area (Å²) < 4.78 is 0. The molecule has 1 heterocycles. The molecule has 0 spiro atoms. The molecule has 2 N–H and O–H groups in total.